The second-order valence-electron chi connectivity index (χ2n) is 4.48. The van der Waals surface area contributed by atoms with Crippen LogP contribution in [0.4, 0.5) is 5.69 Å². The zero-order valence-electron chi connectivity index (χ0n) is 11.8. The number of rotatable bonds is 8. The Balaban J connectivity index is 2.61. The van der Waals surface area contributed by atoms with E-state index in [1.807, 2.05) is 0 Å². The van der Waals surface area contributed by atoms with E-state index in [0.29, 0.717) is 29.5 Å². The Morgan fingerprint density at radius 1 is 1.35 bits per heavy atom. The van der Waals surface area contributed by atoms with E-state index in [0.717, 1.165) is 12.8 Å². The summed E-state index contributed by atoms with van der Waals surface area (Å²) in [5, 5.41) is 0.338. The van der Waals surface area contributed by atoms with Gasteiger partial charge in [-0.05, 0) is 31.0 Å². The molecule has 0 bridgehead atoms. The van der Waals surface area contributed by atoms with Gasteiger partial charge < -0.3 is 10.5 Å². The van der Waals surface area contributed by atoms with Gasteiger partial charge in [0, 0.05) is 23.9 Å². The van der Waals surface area contributed by atoms with E-state index >= 15 is 0 Å². The lowest BCUT2D eigenvalue weighted by molar-refractivity contribution is 0.136. The van der Waals surface area contributed by atoms with Crippen LogP contribution in [0.25, 0.3) is 0 Å². The van der Waals surface area contributed by atoms with E-state index in [1.165, 1.54) is 12.1 Å². The molecule has 0 aliphatic carbocycles. The Morgan fingerprint density at radius 2 is 2.05 bits per heavy atom. The molecule has 0 aliphatic rings. The van der Waals surface area contributed by atoms with Crippen LogP contribution in [0.3, 0.4) is 0 Å². The number of sulfonamides is 1. The molecule has 0 aliphatic heterocycles. The third-order valence-electron chi connectivity index (χ3n) is 2.85. The Morgan fingerprint density at radius 3 is 2.65 bits per heavy atom. The third-order valence-corrected chi connectivity index (χ3v) is 4.68. The predicted molar refractivity (Wildman–Crippen MR) is 81.5 cm³/mol. The van der Waals surface area contributed by atoms with Gasteiger partial charge in [-0.25, -0.2) is 13.1 Å². The van der Waals surface area contributed by atoms with Crippen LogP contribution in [0.1, 0.15) is 25.3 Å². The summed E-state index contributed by atoms with van der Waals surface area (Å²) in [7, 11) is -3.61. The van der Waals surface area contributed by atoms with Gasteiger partial charge in [0.05, 0.1) is 11.5 Å². The summed E-state index contributed by atoms with van der Waals surface area (Å²) in [6.45, 7) is 5.01. The van der Waals surface area contributed by atoms with E-state index < -0.39 is 10.0 Å². The number of unbranched alkanes of at least 4 members (excludes halogenated alkanes) is 1. The average Bonchev–Trinajstić information content (AvgIpc) is 2.39. The smallest absolute Gasteiger partial charge is 0.240 e. The van der Waals surface area contributed by atoms with Gasteiger partial charge in [-0.2, -0.15) is 0 Å². The summed E-state index contributed by atoms with van der Waals surface area (Å²) in [6, 6.07) is 2.80. The van der Waals surface area contributed by atoms with Gasteiger partial charge in [0.2, 0.25) is 10.0 Å². The van der Waals surface area contributed by atoms with Crippen molar-refractivity contribution < 1.29 is 13.2 Å². The molecule has 114 valence electrons. The number of nitrogens with two attached hydrogens (primary N) is 1. The number of anilines is 1. The number of hydrogen-bond donors (Lipinski definition) is 2. The van der Waals surface area contributed by atoms with Gasteiger partial charge >= 0.3 is 0 Å². The third kappa shape index (κ3) is 4.94. The van der Waals surface area contributed by atoms with E-state index in [-0.39, 0.29) is 11.4 Å². The summed E-state index contributed by atoms with van der Waals surface area (Å²) < 4.78 is 31.9. The normalized spacial score (nSPS) is 11.8. The number of benzene rings is 1. The standard InChI is InChI=1S/C13H21ClN2O3S/c1-3-4-6-19-7-5-16-20(17,18)11-8-12(14)10(2)13(15)9-11/h8-9,16H,3-7,15H2,1-2H3. The summed E-state index contributed by atoms with van der Waals surface area (Å²) >= 11 is 5.95. The van der Waals surface area contributed by atoms with Crippen LogP contribution in [0, 0.1) is 6.92 Å². The van der Waals surface area contributed by atoms with E-state index in [1.54, 1.807) is 6.92 Å². The molecule has 0 saturated heterocycles. The van der Waals surface area contributed by atoms with Crippen LogP contribution in [-0.4, -0.2) is 28.2 Å². The molecule has 20 heavy (non-hydrogen) atoms. The number of nitrogen functional groups attached to an aromatic ring is 1. The van der Waals surface area contributed by atoms with Crippen LogP contribution in [0.15, 0.2) is 17.0 Å². The molecule has 0 saturated carbocycles. The van der Waals surface area contributed by atoms with Crippen molar-refractivity contribution >= 4 is 27.3 Å². The van der Waals surface area contributed by atoms with Crippen LogP contribution in [0.5, 0.6) is 0 Å². The summed E-state index contributed by atoms with van der Waals surface area (Å²) in [5.41, 5.74) is 6.76. The molecule has 1 aromatic carbocycles. The lowest BCUT2D eigenvalue weighted by atomic mass is 10.2. The van der Waals surface area contributed by atoms with Crippen LogP contribution in [0.2, 0.25) is 5.02 Å². The summed E-state index contributed by atoms with van der Waals surface area (Å²) in [5.74, 6) is 0. The highest BCUT2D eigenvalue weighted by atomic mass is 35.5. The summed E-state index contributed by atoms with van der Waals surface area (Å²) in [6.07, 6.45) is 2.02. The first-order chi connectivity index (χ1) is 9.38. The maximum Gasteiger partial charge on any atom is 0.240 e. The number of hydrogen-bond acceptors (Lipinski definition) is 4. The largest absolute Gasteiger partial charge is 0.398 e. The van der Waals surface area contributed by atoms with E-state index in [2.05, 4.69) is 11.6 Å². The molecule has 7 heteroatoms. The van der Waals surface area contributed by atoms with Gasteiger partial charge in [-0.3, -0.25) is 0 Å². The van der Waals surface area contributed by atoms with Crippen LogP contribution >= 0.6 is 11.6 Å². The molecule has 0 unspecified atom stereocenters. The molecule has 3 N–H and O–H groups in total. The van der Waals surface area contributed by atoms with Crippen molar-refractivity contribution in [3.05, 3.63) is 22.7 Å². The second-order valence-corrected chi connectivity index (χ2v) is 6.66. The van der Waals surface area contributed by atoms with Crippen molar-refractivity contribution in [2.75, 3.05) is 25.5 Å². The minimum atomic E-state index is -3.61. The van der Waals surface area contributed by atoms with Crippen LogP contribution < -0.4 is 10.5 Å². The molecule has 0 amide bonds. The van der Waals surface area contributed by atoms with Gasteiger partial charge in [-0.15, -0.1) is 0 Å². The average molecular weight is 321 g/mol. The highest BCUT2D eigenvalue weighted by Gasteiger charge is 2.16. The first-order valence-corrected chi connectivity index (χ1v) is 8.37. The fraction of sp³-hybridized carbons (Fsp3) is 0.538. The minimum absolute atomic E-state index is 0.0687. The van der Waals surface area contributed by atoms with E-state index in [4.69, 9.17) is 22.1 Å². The molecule has 1 aromatic rings. The first-order valence-electron chi connectivity index (χ1n) is 6.51. The fourth-order valence-corrected chi connectivity index (χ4v) is 2.87. The Hall–Kier alpha value is -0.820. The van der Waals surface area contributed by atoms with Crippen LogP contribution in [-0.2, 0) is 14.8 Å². The quantitative estimate of drug-likeness (QED) is 0.569. The first kappa shape index (κ1) is 17.2. The Kier molecular flexibility index (Phi) is 6.75. The zero-order valence-corrected chi connectivity index (χ0v) is 13.4. The molecule has 0 heterocycles. The monoisotopic (exact) mass is 320 g/mol. The molecule has 0 spiro atoms. The lowest BCUT2D eigenvalue weighted by Crippen LogP contribution is -2.27. The minimum Gasteiger partial charge on any atom is -0.398 e. The van der Waals surface area contributed by atoms with Crippen molar-refractivity contribution in [2.24, 2.45) is 0 Å². The Bertz CT molecular complexity index is 524. The topological polar surface area (TPSA) is 81.4 Å². The Labute approximate surface area is 125 Å². The molecule has 0 fully saturated rings. The highest BCUT2D eigenvalue weighted by Crippen LogP contribution is 2.25. The SMILES string of the molecule is CCCCOCCNS(=O)(=O)c1cc(N)c(C)c(Cl)c1. The second kappa shape index (κ2) is 7.83. The fourth-order valence-electron chi connectivity index (χ4n) is 1.51. The van der Waals surface area contributed by atoms with Crippen molar-refractivity contribution in [3.63, 3.8) is 0 Å². The lowest BCUT2D eigenvalue weighted by Gasteiger charge is -2.10. The highest BCUT2D eigenvalue weighted by molar-refractivity contribution is 7.89. The molecule has 0 atom stereocenters. The van der Waals surface area contributed by atoms with Crippen molar-refractivity contribution in [2.45, 2.75) is 31.6 Å². The number of nitrogens with one attached hydrogen (secondary N) is 1. The van der Waals surface area contributed by atoms with Gasteiger partial charge in [-0.1, -0.05) is 24.9 Å². The van der Waals surface area contributed by atoms with Gasteiger partial charge in [0.15, 0.2) is 0 Å². The summed E-state index contributed by atoms with van der Waals surface area (Å²) in [4.78, 5) is 0.0687. The van der Waals surface area contributed by atoms with Gasteiger partial charge in [0.1, 0.15) is 0 Å². The zero-order chi connectivity index (χ0) is 15.2. The molecular formula is C13H21ClN2O3S. The van der Waals surface area contributed by atoms with Crippen molar-refractivity contribution in [3.8, 4) is 0 Å². The molecular weight excluding hydrogens is 300 g/mol. The predicted octanol–water partition coefficient (Wildman–Crippen LogP) is 2.33. The maximum atomic E-state index is 12.1. The molecule has 0 radical (unpaired) electrons. The maximum absolute atomic E-state index is 12.1. The number of halogens is 1. The molecule has 0 aromatic heterocycles. The van der Waals surface area contributed by atoms with E-state index in [9.17, 15) is 8.42 Å². The number of ether oxygens (including phenoxy) is 1. The van der Waals surface area contributed by atoms with Crippen molar-refractivity contribution in [1.82, 2.24) is 4.72 Å². The molecule has 5 nitrogen and oxygen atoms in total. The van der Waals surface area contributed by atoms with Crippen molar-refractivity contribution in [1.29, 1.82) is 0 Å². The molecule has 1 rings (SSSR count). The van der Waals surface area contributed by atoms with Gasteiger partial charge in [0.25, 0.3) is 0 Å².